The lowest BCUT2D eigenvalue weighted by Gasteiger charge is -2.26. The second-order valence-electron chi connectivity index (χ2n) is 6.76. The van der Waals surface area contributed by atoms with Crippen LogP contribution >= 0.6 is 0 Å². The summed E-state index contributed by atoms with van der Waals surface area (Å²) in [5.74, 6) is -0.454. The first-order chi connectivity index (χ1) is 13.6. The molecule has 142 valence electrons. The molecule has 4 rings (SSSR count). The van der Waals surface area contributed by atoms with E-state index in [1.165, 1.54) is 4.90 Å². The Morgan fingerprint density at radius 1 is 1.18 bits per heavy atom. The number of carbonyl (C=O) groups is 2. The van der Waals surface area contributed by atoms with E-state index in [-0.39, 0.29) is 19.6 Å². The lowest BCUT2D eigenvalue weighted by Crippen LogP contribution is -2.42. The predicted molar refractivity (Wildman–Crippen MR) is 96.4 cm³/mol. The summed E-state index contributed by atoms with van der Waals surface area (Å²) in [6, 6.07) is 20.5. The Labute approximate surface area is 162 Å². The summed E-state index contributed by atoms with van der Waals surface area (Å²) in [5, 5.41) is 9.72. The first-order valence-corrected chi connectivity index (χ1v) is 8.91. The van der Waals surface area contributed by atoms with E-state index >= 15 is 0 Å². The normalized spacial score (nSPS) is 25.8. The molecule has 2 aromatic carbocycles. The summed E-state index contributed by atoms with van der Waals surface area (Å²) in [7, 11) is 0. The molecule has 0 aromatic heterocycles. The van der Waals surface area contributed by atoms with Gasteiger partial charge < -0.3 is 14.2 Å². The number of benzene rings is 2. The number of amides is 1. The molecule has 0 unspecified atom stereocenters. The van der Waals surface area contributed by atoms with E-state index in [0.717, 1.165) is 11.1 Å². The minimum Gasteiger partial charge on any atom is -0.429 e. The number of nitriles is 1. The van der Waals surface area contributed by atoms with Gasteiger partial charge in [0, 0.05) is 12.0 Å². The Bertz CT molecular complexity index is 911. The minimum atomic E-state index is -1.15. The monoisotopic (exact) mass is 378 g/mol. The molecule has 0 aliphatic carbocycles. The van der Waals surface area contributed by atoms with Crippen molar-refractivity contribution in [3.63, 3.8) is 0 Å². The number of fused-ring (bicyclic) bond motifs is 1. The van der Waals surface area contributed by atoms with Crippen LogP contribution in [0.3, 0.4) is 0 Å². The Balaban J connectivity index is 1.45. The van der Waals surface area contributed by atoms with Gasteiger partial charge >= 0.3 is 6.16 Å². The van der Waals surface area contributed by atoms with Crippen molar-refractivity contribution in [3.8, 4) is 6.07 Å². The van der Waals surface area contributed by atoms with Gasteiger partial charge in [0.15, 0.2) is 17.9 Å². The highest BCUT2D eigenvalue weighted by Gasteiger charge is 2.60. The molecule has 28 heavy (non-hydrogen) atoms. The van der Waals surface area contributed by atoms with Crippen molar-refractivity contribution in [1.82, 2.24) is 4.90 Å². The largest absolute Gasteiger partial charge is 0.509 e. The second kappa shape index (κ2) is 7.33. The van der Waals surface area contributed by atoms with Gasteiger partial charge in [-0.3, -0.25) is 9.69 Å². The van der Waals surface area contributed by atoms with Crippen LogP contribution in [0.25, 0.3) is 0 Å². The summed E-state index contributed by atoms with van der Waals surface area (Å²) in [4.78, 5) is 26.3. The van der Waals surface area contributed by atoms with Crippen molar-refractivity contribution in [2.24, 2.45) is 0 Å². The number of carbonyl (C=O) groups excluding carboxylic acids is 2. The maximum absolute atomic E-state index is 12.9. The molecule has 2 saturated heterocycles. The van der Waals surface area contributed by atoms with Gasteiger partial charge in [-0.2, -0.15) is 5.26 Å². The van der Waals surface area contributed by atoms with Gasteiger partial charge in [0.2, 0.25) is 0 Å². The van der Waals surface area contributed by atoms with Crippen molar-refractivity contribution in [2.75, 3.05) is 6.61 Å². The van der Waals surface area contributed by atoms with Crippen molar-refractivity contribution in [3.05, 3.63) is 71.8 Å². The Morgan fingerprint density at radius 3 is 2.54 bits per heavy atom. The average Bonchev–Trinajstić information content (AvgIpc) is 3.24. The third-order valence-electron chi connectivity index (χ3n) is 4.94. The zero-order chi connectivity index (χ0) is 19.6. The SMILES string of the molecule is N#C[C@]12CO[C@H](c3ccccc3)N1C(=O)[C@H](OC(=O)OCc1ccccc1)C2. The third-order valence-corrected chi connectivity index (χ3v) is 4.94. The van der Waals surface area contributed by atoms with Gasteiger partial charge in [-0.25, -0.2) is 4.79 Å². The van der Waals surface area contributed by atoms with Gasteiger partial charge in [0.05, 0.1) is 12.7 Å². The number of ether oxygens (including phenoxy) is 3. The molecule has 1 amide bonds. The van der Waals surface area contributed by atoms with E-state index in [1.54, 1.807) is 0 Å². The highest BCUT2D eigenvalue weighted by Crippen LogP contribution is 2.45. The van der Waals surface area contributed by atoms with Gasteiger partial charge in [-0.15, -0.1) is 0 Å². The molecule has 0 spiro atoms. The lowest BCUT2D eigenvalue weighted by atomic mass is 9.99. The van der Waals surface area contributed by atoms with E-state index in [2.05, 4.69) is 6.07 Å². The molecule has 0 bridgehead atoms. The van der Waals surface area contributed by atoms with Gasteiger partial charge in [-0.1, -0.05) is 60.7 Å². The summed E-state index contributed by atoms with van der Waals surface area (Å²) < 4.78 is 16.1. The molecule has 2 aliphatic rings. The maximum atomic E-state index is 12.9. The van der Waals surface area contributed by atoms with Crippen molar-refractivity contribution >= 4 is 12.1 Å². The fourth-order valence-electron chi connectivity index (χ4n) is 3.57. The van der Waals surface area contributed by atoms with Crippen LogP contribution in [0.4, 0.5) is 4.79 Å². The molecule has 2 fully saturated rings. The van der Waals surface area contributed by atoms with E-state index in [4.69, 9.17) is 14.2 Å². The highest BCUT2D eigenvalue weighted by molar-refractivity contribution is 5.87. The molecule has 0 radical (unpaired) electrons. The van der Waals surface area contributed by atoms with E-state index in [9.17, 15) is 14.9 Å². The van der Waals surface area contributed by atoms with Crippen LogP contribution in [0.5, 0.6) is 0 Å². The minimum absolute atomic E-state index is 0.0451. The topological polar surface area (TPSA) is 88.9 Å². The Hall–Kier alpha value is -3.37. The van der Waals surface area contributed by atoms with Crippen molar-refractivity contribution in [2.45, 2.75) is 30.9 Å². The lowest BCUT2D eigenvalue weighted by molar-refractivity contribution is -0.142. The molecule has 0 N–H and O–H groups in total. The summed E-state index contributed by atoms with van der Waals surface area (Å²) >= 11 is 0. The van der Waals surface area contributed by atoms with E-state index in [0.29, 0.717) is 0 Å². The first-order valence-electron chi connectivity index (χ1n) is 8.91. The smallest absolute Gasteiger partial charge is 0.429 e. The van der Waals surface area contributed by atoms with Crippen LogP contribution in [0, 0.1) is 11.3 Å². The zero-order valence-electron chi connectivity index (χ0n) is 15.0. The third kappa shape index (κ3) is 3.19. The Morgan fingerprint density at radius 2 is 1.86 bits per heavy atom. The fourth-order valence-corrected chi connectivity index (χ4v) is 3.57. The number of hydrogen-bond acceptors (Lipinski definition) is 6. The van der Waals surface area contributed by atoms with E-state index in [1.807, 2.05) is 60.7 Å². The summed E-state index contributed by atoms with van der Waals surface area (Å²) in [6.07, 6.45) is -2.64. The Kier molecular flexibility index (Phi) is 4.72. The quantitative estimate of drug-likeness (QED) is 0.760. The molecule has 7 heteroatoms. The van der Waals surface area contributed by atoms with Gasteiger partial charge in [-0.05, 0) is 5.56 Å². The zero-order valence-corrected chi connectivity index (χ0v) is 15.0. The molecular formula is C21H18N2O5. The number of nitrogens with zero attached hydrogens (tertiary/aromatic N) is 2. The maximum Gasteiger partial charge on any atom is 0.509 e. The number of rotatable bonds is 4. The summed E-state index contributed by atoms with van der Waals surface area (Å²) in [6.45, 7) is 0.108. The van der Waals surface area contributed by atoms with E-state index < -0.39 is 29.9 Å². The van der Waals surface area contributed by atoms with Crippen LogP contribution in [-0.4, -0.2) is 35.2 Å². The molecule has 2 aliphatic heterocycles. The van der Waals surface area contributed by atoms with Crippen LogP contribution in [0.15, 0.2) is 60.7 Å². The van der Waals surface area contributed by atoms with Crippen molar-refractivity contribution < 1.29 is 23.8 Å². The number of hydrogen-bond donors (Lipinski definition) is 0. The summed E-state index contributed by atoms with van der Waals surface area (Å²) in [5.41, 5.74) is 0.422. The molecule has 3 atom stereocenters. The van der Waals surface area contributed by atoms with Crippen molar-refractivity contribution in [1.29, 1.82) is 5.26 Å². The molecule has 7 nitrogen and oxygen atoms in total. The highest BCUT2D eigenvalue weighted by atomic mass is 16.7. The van der Waals surface area contributed by atoms with Gasteiger partial charge in [0.1, 0.15) is 6.61 Å². The van der Waals surface area contributed by atoms with Crippen LogP contribution in [0.1, 0.15) is 23.8 Å². The fraction of sp³-hybridized carbons (Fsp3) is 0.286. The standard InChI is InChI=1S/C21H18N2O5/c22-13-21-11-17(28-20(25)26-12-15-7-3-1-4-8-15)18(24)23(21)19(27-14-21)16-9-5-2-6-10-16/h1-10,17,19H,11-12,14H2/t17-,19-,21-/m1/s1. The van der Waals surface area contributed by atoms with Gasteiger partial charge in [0.25, 0.3) is 5.91 Å². The van der Waals surface area contributed by atoms with Crippen LogP contribution in [0.2, 0.25) is 0 Å². The predicted octanol–water partition coefficient (Wildman–Crippen LogP) is 2.93. The average molecular weight is 378 g/mol. The molecular weight excluding hydrogens is 360 g/mol. The first kappa shape index (κ1) is 18.0. The van der Waals surface area contributed by atoms with Crippen LogP contribution in [-0.2, 0) is 25.6 Å². The van der Waals surface area contributed by atoms with Crippen LogP contribution < -0.4 is 0 Å². The molecule has 2 heterocycles. The molecule has 2 aromatic rings. The molecule has 0 saturated carbocycles. The second-order valence-corrected chi connectivity index (χ2v) is 6.76.